The molecule has 1 unspecified atom stereocenters. The molecule has 0 aromatic heterocycles. The van der Waals surface area contributed by atoms with E-state index in [0.29, 0.717) is 12.5 Å². The number of hydrogen-bond donors (Lipinski definition) is 1. The molecule has 0 spiro atoms. The fraction of sp³-hybridized carbons (Fsp3) is 0.500. The predicted octanol–water partition coefficient (Wildman–Crippen LogP) is 1.94. The zero-order valence-electron chi connectivity index (χ0n) is 7.72. The molecule has 1 amide bonds. The SMILES string of the molecule is CC(=O)NCCC1C=CC(F)=CC1. The Kier molecular flexibility index (Phi) is 3.68. The lowest BCUT2D eigenvalue weighted by Crippen LogP contribution is -2.22. The van der Waals surface area contributed by atoms with Gasteiger partial charge in [0, 0.05) is 13.5 Å². The predicted molar refractivity (Wildman–Crippen MR) is 49.7 cm³/mol. The van der Waals surface area contributed by atoms with E-state index in [-0.39, 0.29) is 11.7 Å². The van der Waals surface area contributed by atoms with E-state index in [1.54, 1.807) is 6.08 Å². The summed E-state index contributed by atoms with van der Waals surface area (Å²) in [4.78, 5) is 10.5. The van der Waals surface area contributed by atoms with Crippen LogP contribution in [0.1, 0.15) is 19.8 Å². The molecule has 1 atom stereocenters. The third kappa shape index (κ3) is 3.87. The van der Waals surface area contributed by atoms with Gasteiger partial charge >= 0.3 is 0 Å². The summed E-state index contributed by atoms with van der Waals surface area (Å²) in [5.41, 5.74) is 0. The molecule has 0 aromatic rings. The molecular weight excluding hydrogens is 169 g/mol. The molecule has 13 heavy (non-hydrogen) atoms. The number of nitrogens with one attached hydrogen (secondary N) is 1. The van der Waals surface area contributed by atoms with E-state index in [9.17, 15) is 9.18 Å². The van der Waals surface area contributed by atoms with Crippen LogP contribution in [0.2, 0.25) is 0 Å². The van der Waals surface area contributed by atoms with E-state index in [1.165, 1.54) is 13.0 Å². The molecule has 1 rings (SSSR count). The molecule has 72 valence electrons. The van der Waals surface area contributed by atoms with Crippen molar-refractivity contribution in [2.75, 3.05) is 6.54 Å². The third-order valence-electron chi connectivity index (χ3n) is 2.03. The average Bonchev–Trinajstić information content (AvgIpc) is 2.08. The highest BCUT2D eigenvalue weighted by Gasteiger charge is 2.07. The van der Waals surface area contributed by atoms with Crippen LogP contribution in [0.25, 0.3) is 0 Å². The maximum Gasteiger partial charge on any atom is 0.216 e. The maximum atomic E-state index is 12.5. The van der Waals surface area contributed by atoms with E-state index in [1.807, 2.05) is 6.08 Å². The maximum absolute atomic E-state index is 12.5. The van der Waals surface area contributed by atoms with Gasteiger partial charge in [-0.1, -0.05) is 6.08 Å². The summed E-state index contributed by atoms with van der Waals surface area (Å²) < 4.78 is 12.5. The molecule has 0 heterocycles. The first-order valence-corrected chi connectivity index (χ1v) is 4.47. The van der Waals surface area contributed by atoms with Crippen molar-refractivity contribution in [1.29, 1.82) is 0 Å². The fourth-order valence-electron chi connectivity index (χ4n) is 1.29. The van der Waals surface area contributed by atoms with Gasteiger partial charge in [0.1, 0.15) is 5.83 Å². The molecule has 3 heteroatoms. The minimum absolute atomic E-state index is 0.0125. The zero-order valence-corrected chi connectivity index (χ0v) is 7.72. The normalized spacial score (nSPS) is 21.1. The number of allylic oxidation sites excluding steroid dienone is 4. The lowest BCUT2D eigenvalue weighted by atomic mass is 9.97. The van der Waals surface area contributed by atoms with Crippen molar-refractivity contribution in [1.82, 2.24) is 5.32 Å². The Balaban J connectivity index is 2.18. The summed E-state index contributed by atoms with van der Waals surface area (Å²) in [5, 5.41) is 2.72. The van der Waals surface area contributed by atoms with Gasteiger partial charge in [-0.25, -0.2) is 4.39 Å². The van der Waals surface area contributed by atoms with Crippen LogP contribution < -0.4 is 5.32 Å². The van der Waals surface area contributed by atoms with Gasteiger partial charge in [0.05, 0.1) is 0 Å². The molecule has 0 radical (unpaired) electrons. The molecular formula is C10H14FNO. The molecule has 0 saturated heterocycles. The van der Waals surface area contributed by atoms with Crippen molar-refractivity contribution in [2.24, 2.45) is 5.92 Å². The van der Waals surface area contributed by atoms with Gasteiger partial charge in [-0.3, -0.25) is 4.79 Å². The van der Waals surface area contributed by atoms with Crippen LogP contribution in [0.5, 0.6) is 0 Å². The molecule has 0 aromatic carbocycles. The Bertz CT molecular complexity index is 245. The minimum atomic E-state index is -0.157. The Morgan fingerprint density at radius 1 is 1.77 bits per heavy atom. The van der Waals surface area contributed by atoms with Gasteiger partial charge < -0.3 is 5.32 Å². The molecule has 1 aliphatic carbocycles. The van der Waals surface area contributed by atoms with Crippen LogP contribution >= 0.6 is 0 Å². The lowest BCUT2D eigenvalue weighted by Gasteiger charge is -2.13. The van der Waals surface area contributed by atoms with Gasteiger partial charge in [0.25, 0.3) is 0 Å². The van der Waals surface area contributed by atoms with Crippen molar-refractivity contribution in [3.63, 3.8) is 0 Å². The van der Waals surface area contributed by atoms with Crippen LogP contribution in [0, 0.1) is 5.92 Å². The number of rotatable bonds is 3. The molecule has 0 bridgehead atoms. The molecule has 2 nitrogen and oxygen atoms in total. The quantitative estimate of drug-likeness (QED) is 0.711. The minimum Gasteiger partial charge on any atom is -0.356 e. The Morgan fingerprint density at radius 2 is 2.54 bits per heavy atom. The molecule has 0 aliphatic heterocycles. The fourth-order valence-corrected chi connectivity index (χ4v) is 1.29. The highest BCUT2D eigenvalue weighted by molar-refractivity contribution is 5.72. The summed E-state index contributed by atoms with van der Waals surface area (Å²) in [6.07, 6.45) is 6.54. The highest BCUT2D eigenvalue weighted by atomic mass is 19.1. The van der Waals surface area contributed by atoms with Crippen LogP contribution in [-0.2, 0) is 4.79 Å². The lowest BCUT2D eigenvalue weighted by molar-refractivity contribution is -0.118. The number of hydrogen-bond acceptors (Lipinski definition) is 1. The van der Waals surface area contributed by atoms with E-state index in [2.05, 4.69) is 5.32 Å². The average molecular weight is 183 g/mol. The van der Waals surface area contributed by atoms with E-state index in [0.717, 1.165) is 12.8 Å². The Labute approximate surface area is 77.5 Å². The zero-order chi connectivity index (χ0) is 9.68. The van der Waals surface area contributed by atoms with E-state index >= 15 is 0 Å². The standard InChI is InChI=1S/C10H14FNO/c1-8(13)12-7-6-9-2-4-10(11)5-3-9/h2,4-5,9H,3,6-7H2,1H3,(H,12,13). The van der Waals surface area contributed by atoms with E-state index < -0.39 is 0 Å². The van der Waals surface area contributed by atoms with Crippen molar-refractivity contribution in [3.8, 4) is 0 Å². The largest absolute Gasteiger partial charge is 0.356 e. The van der Waals surface area contributed by atoms with Crippen molar-refractivity contribution in [3.05, 3.63) is 24.1 Å². The second-order valence-corrected chi connectivity index (χ2v) is 3.22. The second kappa shape index (κ2) is 4.80. The first-order valence-electron chi connectivity index (χ1n) is 4.47. The first kappa shape index (κ1) is 9.96. The Hall–Kier alpha value is -1.12. The summed E-state index contributed by atoms with van der Waals surface area (Å²) >= 11 is 0. The summed E-state index contributed by atoms with van der Waals surface area (Å²) in [7, 11) is 0. The van der Waals surface area contributed by atoms with Crippen molar-refractivity contribution >= 4 is 5.91 Å². The number of carbonyl (C=O) groups is 1. The smallest absolute Gasteiger partial charge is 0.216 e. The van der Waals surface area contributed by atoms with Crippen LogP contribution in [0.15, 0.2) is 24.1 Å². The Morgan fingerprint density at radius 3 is 3.08 bits per heavy atom. The summed E-state index contributed by atoms with van der Waals surface area (Å²) in [6, 6.07) is 0. The monoisotopic (exact) mass is 183 g/mol. The van der Waals surface area contributed by atoms with Gasteiger partial charge in [0.2, 0.25) is 5.91 Å². The summed E-state index contributed by atoms with van der Waals surface area (Å²) in [5.74, 6) is 0.198. The second-order valence-electron chi connectivity index (χ2n) is 3.22. The van der Waals surface area contributed by atoms with Gasteiger partial charge in [-0.2, -0.15) is 0 Å². The third-order valence-corrected chi connectivity index (χ3v) is 2.03. The van der Waals surface area contributed by atoms with Gasteiger partial charge in [-0.05, 0) is 30.9 Å². The molecule has 0 fully saturated rings. The first-order chi connectivity index (χ1) is 6.18. The number of amides is 1. The van der Waals surface area contributed by atoms with Crippen molar-refractivity contribution in [2.45, 2.75) is 19.8 Å². The molecule has 1 N–H and O–H groups in total. The number of halogens is 1. The van der Waals surface area contributed by atoms with E-state index in [4.69, 9.17) is 0 Å². The van der Waals surface area contributed by atoms with Crippen LogP contribution in [0.3, 0.4) is 0 Å². The van der Waals surface area contributed by atoms with Crippen LogP contribution in [-0.4, -0.2) is 12.5 Å². The topological polar surface area (TPSA) is 29.1 Å². The summed E-state index contributed by atoms with van der Waals surface area (Å²) in [6.45, 7) is 2.16. The number of carbonyl (C=O) groups excluding carboxylic acids is 1. The van der Waals surface area contributed by atoms with Gasteiger partial charge in [0.15, 0.2) is 0 Å². The highest BCUT2D eigenvalue weighted by Crippen LogP contribution is 2.19. The molecule has 1 aliphatic rings. The van der Waals surface area contributed by atoms with Gasteiger partial charge in [-0.15, -0.1) is 0 Å². The van der Waals surface area contributed by atoms with Crippen molar-refractivity contribution < 1.29 is 9.18 Å². The van der Waals surface area contributed by atoms with Crippen LogP contribution in [0.4, 0.5) is 4.39 Å². The molecule has 0 saturated carbocycles.